The van der Waals surface area contributed by atoms with Crippen molar-refractivity contribution in [3.05, 3.63) is 83.8 Å². The quantitative estimate of drug-likeness (QED) is 0.628. The van der Waals surface area contributed by atoms with E-state index >= 15 is 0 Å². The highest BCUT2D eigenvalue weighted by molar-refractivity contribution is 8.00. The average molecular weight is 393 g/mol. The molecule has 1 aromatic carbocycles. The summed E-state index contributed by atoms with van der Waals surface area (Å²) in [6.07, 6.45) is 4.92. The van der Waals surface area contributed by atoms with Crippen LogP contribution in [0.3, 0.4) is 0 Å². The second-order valence-corrected chi connectivity index (χ2v) is 8.41. The average Bonchev–Trinajstić information content (AvgIpc) is 2.68. The van der Waals surface area contributed by atoms with Crippen LogP contribution in [0.4, 0.5) is 11.5 Å². The molecule has 3 aromatic rings. The van der Waals surface area contributed by atoms with E-state index in [1.165, 1.54) is 17.5 Å². The largest absolute Gasteiger partial charge is 0.384 e. The van der Waals surface area contributed by atoms with E-state index < -0.39 is 0 Å². The molecule has 0 radical (unpaired) electrons. The molecule has 0 aliphatic carbocycles. The van der Waals surface area contributed by atoms with Crippen LogP contribution in [0.15, 0.2) is 67.1 Å². The molecule has 0 unspecified atom stereocenters. The lowest BCUT2D eigenvalue weighted by Gasteiger charge is -2.24. The molecule has 6 heteroatoms. The number of carbonyl (C=O) groups excluding carboxylic acids is 1. The molecule has 0 aliphatic heterocycles. The molecule has 2 aromatic heterocycles. The third-order valence-corrected chi connectivity index (χ3v) is 5.36. The number of anilines is 2. The minimum Gasteiger partial charge on any atom is -0.384 e. The Morgan fingerprint density at radius 3 is 2.46 bits per heavy atom. The highest BCUT2D eigenvalue weighted by atomic mass is 32.2. The first kappa shape index (κ1) is 19.9. The molecule has 2 N–H and O–H groups in total. The van der Waals surface area contributed by atoms with Gasteiger partial charge in [-0.15, -0.1) is 0 Å². The number of pyridine rings is 2. The third kappa shape index (κ3) is 4.89. The molecule has 0 spiro atoms. The van der Waals surface area contributed by atoms with Crippen LogP contribution in [0.5, 0.6) is 0 Å². The SMILES string of the molecule is CC(C)(C)c1ccc(N(SCc2ccnc(N)c2)C(=O)c2cccnc2)cc1. The van der Waals surface area contributed by atoms with Gasteiger partial charge in [-0.1, -0.05) is 32.9 Å². The van der Waals surface area contributed by atoms with Gasteiger partial charge in [0.05, 0.1) is 11.3 Å². The number of nitrogens with two attached hydrogens (primary N) is 1. The van der Waals surface area contributed by atoms with Gasteiger partial charge in [-0.3, -0.25) is 9.78 Å². The molecule has 0 fully saturated rings. The maximum absolute atomic E-state index is 13.1. The number of carbonyl (C=O) groups is 1. The smallest absolute Gasteiger partial charge is 0.269 e. The fourth-order valence-corrected chi connectivity index (χ4v) is 3.63. The minimum atomic E-state index is -0.108. The van der Waals surface area contributed by atoms with E-state index in [-0.39, 0.29) is 11.3 Å². The van der Waals surface area contributed by atoms with Crippen molar-refractivity contribution in [1.29, 1.82) is 0 Å². The van der Waals surface area contributed by atoms with E-state index in [1.54, 1.807) is 35.0 Å². The number of hydrogen-bond acceptors (Lipinski definition) is 5. The van der Waals surface area contributed by atoms with Crippen LogP contribution in [-0.4, -0.2) is 15.9 Å². The topological polar surface area (TPSA) is 72.1 Å². The van der Waals surface area contributed by atoms with Crippen LogP contribution in [0.25, 0.3) is 0 Å². The van der Waals surface area contributed by atoms with E-state index in [9.17, 15) is 4.79 Å². The van der Waals surface area contributed by atoms with Crippen molar-refractivity contribution in [2.45, 2.75) is 31.9 Å². The summed E-state index contributed by atoms with van der Waals surface area (Å²) in [5.74, 6) is 0.959. The highest BCUT2D eigenvalue weighted by Crippen LogP contribution is 2.30. The van der Waals surface area contributed by atoms with Gasteiger partial charge in [0.1, 0.15) is 5.82 Å². The number of nitrogen functional groups attached to an aromatic ring is 1. The lowest BCUT2D eigenvalue weighted by molar-refractivity contribution is 0.101. The van der Waals surface area contributed by atoms with Gasteiger partial charge in [0, 0.05) is 24.3 Å². The number of benzene rings is 1. The summed E-state index contributed by atoms with van der Waals surface area (Å²) in [6, 6.07) is 15.4. The van der Waals surface area contributed by atoms with Crippen molar-refractivity contribution in [3.63, 3.8) is 0 Å². The van der Waals surface area contributed by atoms with Gasteiger partial charge in [-0.2, -0.15) is 0 Å². The Kier molecular flexibility index (Phi) is 5.99. The zero-order valence-electron chi connectivity index (χ0n) is 16.3. The van der Waals surface area contributed by atoms with Crippen LogP contribution in [0.1, 0.15) is 42.3 Å². The molecule has 0 bridgehead atoms. The van der Waals surface area contributed by atoms with Crippen molar-refractivity contribution in [3.8, 4) is 0 Å². The molecule has 0 saturated carbocycles. The van der Waals surface area contributed by atoms with Gasteiger partial charge >= 0.3 is 0 Å². The number of nitrogens with zero attached hydrogens (tertiary/aromatic N) is 3. The lowest BCUT2D eigenvalue weighted by atomic mass is 9.87. The molecule has 3 rings (SSSR count). The molecule has 0 aliphatic rings. The second-order valence-electron chi connectivity index (χ2n) is 7.50. The van der Waals surface area contributed by atoms with Crippen molar-refractivity contribution in [2.24, 2.45) is 0 Å². The summed E-state index contributed by atoms with van der Waals surface area (Å²) in [5, 5.41) is 0. The van der Waals surface area contributed by atoms with Crippen LogP contribution in [0, 0.1) is 0 Å². The fraction of sp³-hybridized carbons (Fsp3) is 0.227. The first-order chi connectivity index (χ1) is 13.3. The number of rotatable bonds is 5. The van der Waals surface area contributed by atoms with Crippen molar-refractivity contribution < 1.29 is 4.79 Å². The number of amides is 1. The van der Waals surface area contributed by atoms with Crippen molar-refractivity contribution in [2.75, 3.05) is 10.0 Å². The fourth-order valence-electron chi connectivity index (χ4n) is 2.68. The van der Waals surface area contributed by atoms with E-state index in [0.29, 0.717) is 17.1 Å². The lowest BCUT2D eigenvalue weighted by Crippen LogP contribution is -2.24. The molecule has 2 heterocycles. The number of hydrogen-bond donors (Lipinski definition) is 1. The van der Waals surface area contributed by atoms with E-state index in [2.05, 4.69) is 42.9 Å². The predicted molar refractivity (Wildman–Crippen MR) is 116 cm³/mol. The molecule has 5 nitrogen and oxygen atoms in total. The minimum absolute atomic E-state index is 0.0540. The molecular formula is C22H24N4OS. The standard InChI is InChI=1S/C22H24N4OS/c1-22(2,3)18-6-8-19(9-7-18)26(21(27)17-5-4-11-24-14-17)28-15-16-10-12-25-20(23)13-16/h4-14H,15H2,1-3H3,(H2,23,25). The Morgan fingerprint density at radius 1 is 1.11 bits per heavy atom. The zero-order valence-corrected chi connectivity index (χ0v) is 17.1. The predicted octanol–water partition coefficient (Wildman–Crippen LogP) is 4.85. The number of aromatic nitrogens is 2. The summed E-state index contributed by atoms with van der Waals surface area (Å²) in [7, 11) is 0. The van der Waals surface area contributed by atoms with Gasteiger partial charge in [0.2, 0.25) is 0 Å². The van der Waals surface area contributed by atoms with Gasteiger partial charge < -0.3 is 5.73 Å². The Morgan fingerprint density at radius 2 is 1.86 bits per heavy atom. The zero-order chi connectivity index (χ0) is 20.1. The van der Waals surface area contributed by atoms with Crippen molar-refractivity contribution in [1.82, 2.24) is 9.97 Å². The highest BCUT2D eigenvalue weighted by Gasteiger charge is 2.20. The molecule has 28 heavy (non-hydrogen) atoms. The van der Waals surface area contributed by atoms with Crippen LogP contribution in [0.2, 0.25) is 0 Å². The molecule has 0 atom stereocenters. The van der Waals surface area contributed by atoms with Gasteiger partial charge in [0.15, 0.2) is 0 Å². The van der Waals surface area contributed by atoms with Gasteiger partial charge in [-0.25, -0.2) is 9.29 Å². The summed E-state index contributed by atoms with van der Waals surface area (Å²) >= 11 is 1.43. The normalized spacial score (nSPS) is 11.2. The van der Waals surface area contributed by atoms with Gasteiger partial charge in [-0.05, 0) is 64.9 Å². The van der Waals surface area contributed by atoms with E-state index in [0.717, 1.165) is 11.3 Å². The Bertz CT molecular complexity index is 937. The summed E-state index contributed by atoms with van der Waals surface area (Å²) < 4.78 is 1.71. The molecule has 1 amide bonds. The Hall–Kier alpha value is -2.86. The van der Waals surface area contributed by atoms with Crippen LogP contribution < -0.4 is 10.0 Å². The molecular weight excluding hydrogens is 368 g/mol. The Labute approximate surface area is 170 Å². The Balaban J connectivity index is 1.88. The summed E-state index contributed by atoms with van der Waals surface area (Å²) in [5.41, 5.74) is 9.43. The summed E-state index contributed by atoms with van der Waals surface area (Å²) in [4.78, 5) is 21.2. The molecule has 0 saturated heterocycles. The monoisotopic (exact) mass is 392 g/mol. The van der Waals surface area contributed by atoms with Crippen molar-refractivity contribution >= 4 is 29.4 Å². The third-order valence-electron chi connectivity index (χ3n) is 4.27. The molecule has 144 valence electrons. The van der Waals surface area contributed by atoms with Gasteiger partial charge in [0.25, 0.3) is 5.91 Å². The van der Waals surface area contributed by atoms with Crippen LogP contribution >= 0.6 is 11.9 Å². The van der Waals surface area contributed by atoms with E-state index in [4.69, 9.17) is 5.73 Å². The summed E-state index contributed by atoms with van der Waals surface area (Å²) in [6.45, 7) is 6.51. The maximum atomic E-state index is 13.1. The van der Waals surface area contributed by atoms with Crippen LogP contribution in [-0.2, 0) is 11.2 Å². The van der Waals surface area contributed by atoms with E-state index in [1.807, 2.05) is 24.3 Å². The first-order valence-corrected chi connectivity index (χ1v) is 9.97. The maximum Gasteiger partial charge on any atom is 0.269 e. The first-order valence-electron chi connectivity index (χ1n) is 9.03. The second kappa shape index (κ2) is 8.44.